The molecule has 0 atom stereocenters. The highest BCUT2D eigenvalue weighted by molar-refractivity contribution is 6.16. The van der Waals surface area contributed by atoms with E-state index in [-0.39, 0.29) is 11.5 Å². The van der Waals surface area contributed by atoms with Crippen molar-refractivity contribution in [2.75, 3.05) is 10.6 Å². The van der Waals surface area contributed by atoms with Crippen molar-refractivity contribution in [2.24, 2.45) is 0 Å². The monoisotopic (exact) mass is 449 g/mol. The number of hydrogen-bond donors (Lipinski definition) is 4. The summed E-state index contributed by atoms with van der Waals surface area (Å²) in [5.74, 6) is -0.154. The lowest BCUT2D eigenvalue weighted by Crippen LogP contribution is -2.19. The van der Waals surface area contributed by atoms with Crippen LogP contribution in [0.2, 0.25) is 0 Å². The molecule has 0 aliphatic heterocycles. The van der Waals surface area contributed by atoms with Crippen LogP contribution in [-0.2, 0) is 0 Å². The first kappa shape index (κ1) is 20.9. The number of aromatic nitrogens is 3. The SMILES string of the molecule is O=C(Nc1cccc(O)c1)Nc1cccc(C(=O)c2c[nH]c3ncc(-c4cccnc4)cc23)c1. The van der Waals surface area contributed by atoms with Crippen LogP contribution < -0.4 is 10.6 Å². The fourth-order valence-corrected chi connectivity index (χ4v) is 3.65. The number of nitrogens with zero attached hydrogens (tertiary/aromatic N) is 2. The Kier molecular flexibility index (Phi) is 5.45. The number of aromatic hydroxyl groups is 1. The minimum absolute atomic E-state index is 0.0466. The molecule has 8 nitrogen and oxygen atoms in total. The Hall–Kier alpha value is -4.98. The molecule has 3 heterocycles. The molecule has 0 unspecified atom stereocenters. The first-order chi connectivity index (χ1) is 16.6. The number of nitrogens with one attached hydrogen (secondary N) is 3. The lowest BCUT2D eigenvalue weighted by atomic mass is 10.0. The lowest BCUT2D eigenvalue weighted by molar-refractivity contribution is 0.104. The van der Waals surface area contributed by atoms with Crippen LogP contribution in [0.5, 0.6) is 5.75 Å². The molecule has 0 spiro atoms. The van der Waals surface area contributed by atoms with Crippen LogP contribution >= 0.6 is 0 Å². The minimum Gasteiger partial charge on any atom is -0.508 e. The highest BCUT2D eigenvalue weighted by Gasteiger charge is 2.16. The Morgan fingerprint density at radius 3 is 2.41 bits per heavy atom. The van der Waals surface area contributed by atoms with Crippen LogP contribution in [0.4, 0.5) is 16.2 Å². The minimum atomic E-state index is -0.493. The van der Waals surface area contributed by atoms with E-state index in [1.807, 2.05) is 18.2 Å². The molecule has 4 N–H and O–H groups in total. The molecule has 0 aliphatic carbocycles. The van der Waals surface area contributed by atoms with Crippen molar-refractivity contribution in [3.63, 3.8) is 0 Å². The van der Waals surface area contributed by atoms with E-state index in [0.29, 0.717) is 33.5 Å². The second-order valence-electron chi connectivity index (χ2n) is 7.60. The van der Waals surface area contributed by atoms with E-state index in [0.717, 1.165) is 11.1 Å². The number of H-pyrrole nitrogens is 1. The molecule has 0 fully saturated rings. The molecule has 166 valence electrons. The Bertz CT molecular complexity index is 1510. The molecule has 2 amide bonds. The number of phenols is 1. The third kappa shape index (κ3) is 4.33. The van der Waals surface area contributed by atoms with E-state index in [1.165, 1.54) is 12.1 Å². The summed E-state index contributed by atoms with van der Waals surface area (Å²) in [5.41, 5.74) is 4.17. The maximum atomic E-state index is 13.3. The van der Waals surface area contributed by atoms with Gasteiger partial charge in [0.2, 0.25) is 0 Å². The summed E-state index contributed by atoms with van der Waals surface area (Å²) in [6, 6.07) is 18.1. The van der Waals surface area contributed by atoms with Crippen LogP contribution in [0.15, 0.2) is 91.5 Å². The molecule has 5 aromatic rings. The molecular weight excluding hydrogens is 430 g/mol. The highest BCUT2D eigenvalue weighted by Crippen LogP contribution is 2.26. The summed E-state index contributed by atoms with van der Waals surface area (Å²) in [5, 5.41) is 15.6. The number of ketones is 1. The second-order valence-corrected chi connectivity index (χ2v) is 7.60. The van der Waals surface area contributed by atoms with Crippen molar-refractivity contribution < 1.29 is 14.7 Å². The zero-order valence-electron chi connectivity index (χ0n) is 17.8. The zero-order valence-corrected chi connectivity index (χ0v) is 17.8. The number of aromatic amines is 1. The molecule has 8 heteroatoms. The number of anilines is 2. The number of benzene rings is 2. The van der Waals surface area contributed by atoms with Gasteiger partial charge in [-0.2, -0.15) is 0 Å². The number of carbonyl (C=O) groups excluding carboxylic acids is 2. The number of hydrogen-bond acceptors (Lipinski definition) is 5. The van der Waals surface area contributed by atoms with E-state index in [9.17, 15) is 14.7 Å². The third-order valence-electron chi connectivity index (χ3n) is 5.26. The maximum absolute atomic E-state index is 13.3. The van der Waals surface area contributed by atoms with E-state index >= 15 is 0 Å². The number of carbonyl (C=O) groups is 2. The van der Waals surface area contributed by atoms with Gasteiger partial charge in [-0.3, -0.25) is 9.78 Å². The third-order valence-corrected chi connectivity index (χ3v) is 5.26. The Morgan fingerprint density at radius 2 is 1.65 bits per heavy atom. The van der Waals surface area contributed by atoms with Gasteiger partial charge < -0.3 is 20.7 Å². The van der Waals surface area contributed by atoms with Crippen LogP contribution in [0.1, 0.15) is 15.9 Å². The zero-order chi connectivity index (χ0) is 23.5. The maximum Gasteiger partial charge on any atom is 0.323 e. The highest BCUT2D eigenvalue weighted by atomic mass is 16.3. The summed E-state index contributed by atoms with van der Waals surface area (Å²) in [6.45, 7) is 0. The second kappa shape index (κ2) is 8.87. The van der Waals surface area contributed by atoms with Gasteiger partial charge in [-0.05, 0) is 36.4 Å². The van der Waals surface area contributed by atoms with Crippen LogP contribution in [0, 0.1) is 0 Å². The predicted molar refractivity (Wildman–Crippen MR) is 130 cm³/mol. The van der Waals surface area contributed by atoms with Gasteiger partial charge in [-0.1, -0.05) is 24.3 Å². The fraction of sp³-hybridized carbons (Fsp3) is 0. The first-order valence-electron chi connectivity index (χ1n) is 10.5. The predicted octanol–water partition coefficient (Wildman–Crippen LogP) is 5.21. The largest absolute Gasteiger partial charge is 0.508 e. The molecule has 0 saturated carbocycles. The van der Waals surface area contributed by atoms with Crippen molar-refractivity contribution in [1.29, 1.82) is 0 Å². The van der Waals surface area contributed by atoms with Crippen molar-refractivity contribution in [3.05, 3.63) is 103 Å². The molecule has 34 heavy (non-hydrogen) atoms. The summed E-state index contributed by atoms with van der Waals surface area (Å²) >= 11 is 0. The molecular formula is C26H19N5O3. The number of pyridine rings is 2. The number of rotatable bonds is 5. The van der Waals surface area contributed by atoms with Gasteiger partial charge in [0.1, 0.15) is 11.4 Å². The summed E-state index contributed by atoms with van der Waals surface area (Å²) in [6.07, 6.45) is 6.82. The van der Waals surface area contributed by atoms with Gasteiger partial charge in [-0.25, -0.2) is 9.78 Å². The number of amides is 2. The standard InChI is InChI=1S/C26H19N5O3/c32-21-8-2-7-20(12-21)31-26(34)30-19-6-1-4-16(10-19)24(33)23-15-29-25-22(23)11-18(14-28-25)17-5-3-9-27-13-17/h1-15,32H,(H,28,29)(H2,30,31,34). The smallest absolute Gasteiger partial charge is 0.323 e. The Balaban J connectivity index is 1.39. The molecule has 0 aliphatic rings. The molecule has 3 aromatic heterocycles. The Morgan fingerprint density at radius 1 is 0.853 bits per heavy atom. The van der Waals surface area contributed by atoms with Gasteiger partial charge in [0.25, 0.3) is 0 Å². The summed E-state index contributed by atoms with van der Waals surface area (Å²) in [7, 11) is 0. The van der Waals surface area contributed by atoms with Crippen LogP contribution in [0.25, 0.3) is 22.2 Å². The first-order valence-corrected chi connectivity index (χ1v) is 10.5. The van der Waals surface area contributed by atoms with Crippen molar-refractivity contribution in [2.45, 2.75) is 0 Å². The van der Waals surface area contributed by atoms with E-state index in [2.05, 4.69) is 25.6 Å². The number of fused-ring (bicyclic) bond motifs is 1. The quantitative estimate of drug-likeness (QED) is 0.275. The van der Waals surface area contributed by atoms with Gasteiger partial charge >= 0.3 is 6.03 Å². The van der Waals surface area contributed by atoms with E-state index in [1.54, 1.807) is 61.2 Å². The van der Waals surface area contributed by atoms with Crippen LogP contribution in [0.3, 0.4) is 0 Å². The van der Waals surface area contributed by atoms with Gasteiger partial charge in [0.05, 0.1) is 0 Å². The molecule has 2 aromatic carbocycles. The summed E-state index contributed by atoms with van der Waals surface area (Å²) in [4.78, 5) is 37.3. The topological polar surface area (TPSA) is 120 Å². The van der Waals surface area contributed by atoms with Crippen molar-refractivity contribution in [3.8, 4) is 16.9 Å². The average molecular weight is 449 g/mol. The van der Waals surface area contributed by atoms with E-state index in [4.69, 9.17) is 0 Å². The lowest BCUT2D eigenvalue weighted by Gasteiger charge is -2.09. The molecule has 0 radical (unpaired) electrons. The molecule has 0 saturated heterocycles. The number of urea groups is 1. The average Bonchev–Trinajstić information content (AvgIpc) is 3.27. The number of phenolic OH excluding ortho intramolecular Hbond substituents is 1. The van der Waals surface area contributed by atoms with Gasteiger partial charge in [0, 0.05) is 69.9 Å². The van der Waals surface area contributed by atoms with Crippen molar-refractivity contribution >= 4 is 34.2 Å². The van der Waals surface area contributed by atoms with Crippen LogP contribution in [-0.4, -0.2) is 31.9 Å². The fourth-order valence-electron chi connectivity index (χ4n) is 3.65. The summed E-state index contributed by atoms with van der Waals surface area (Å²) < 4.78 is 0. The molecule has 0 bridgehead atoms. The Labute approximate surface area is 194 Å². The van der Waals surface area contributed by atoms with Gasteiger partial charge in [-0.15, -0.1) is 0 Å². The van der Waals surface area contributed by atoms with Gasteiger partial charge in [0.15, 0.2) is 5.78 Å². The molecule has 5 rings (SSSR count). The normalized spacial score (nSPS) is 10.7. The van der Waals surface area contributed by atoms with E-state index < -0.39 is 6.03 Å². The van der Waals surface area contributed by atoms with Crippen molar-refractivity contribution in [1.82, 2.24) is 15.0 Å².